The average Bonchev–Trinajstić information content (AvgIpc) is 2.53. The highest BCUT2D eigenvalue weighted by atomic mass is 32.1. The fraction of sp³-hybridized carbons (Fsp3) is 0.625. The van der Waals surface area contributed by atoms with Gasteiger partial charge in [0.1, 0.15) is 10.8 Å². The second kappa shape index (κ2) is 3.41. The number of nitrogens with zero attached hydrogens (tertiary/aromatic N) is 3. The molecule has 1 aliphatic rings. The molecule has 1 aliphatic heterocycles. The van der Waals surface area contributed by atoms with E-state index in [4.69, 9.17) is 0 Å². The molecule has 0 unspecified atom stereocenters. The van der Waals surface area contributed by atoms with Crippen molar-refractivity contribution in [3.05, 3.63) is 5.01 Å². The molecule has 0 saturated carbocycles. The highest BCUT2D eigenvalue weighted by Gasteiger charge is 2.18. The molecular formula is C8H11N3OS. The normalized spacial score (nSPS) is 17.9. The standard InChI is InChI=1S/C8H11N3OS/c1-6-9-10-8(13-6)11-4-2-7(12)3-5-11/h2-5H2,1H3. The van der Waals surface area contributed by atoms with Gasteiger partial charge in [0.2, 0.25) is 5.13 Å². The Morgan fingerprint density at radius 1 is 1.31 bits per heavy atom. The van der Waals surface area contributed by atoms with E-state index in [9.17, 15) is 4.79 Å². The van der Waals surface area contributed by atoms with Crippen molar-refractivity contribution in [2.75, 3.05) is 18.0 Å². The molecule has 1 saturated heterocycles. The summed E-state index contributed by atoms with van der Waals surface area (Å²) in [6.45, 7) is 3.54. The Morgan fingerprint density at radius 2 is 2.00 bits per heavy atom. The molecule has 0 aromatic carbocycles. The number of rotatable bonds is 1. The van der Waals surface area contributed by atoms with E-state index in [2.05, 4.69) is 15.1 Å². The minimum absolute atomic E-state index is 0.359. The minimum atomic E-state index is 0.359. The van der Waals surface area contributed by atoms with Gasteiger partial charge in [0.05, 0.1) is 0 Å². The zero-order chi connectivity index (χ0) is 9.26. The number of carbonyl (C=O) groups is 1. The number of aryl methyl sites for hydroxylation is 1. The van der Waals surface area contributed by atoms with E-state index in [0.717, 1.165) is 23.2 Å². The SMILES string of the molecule is Cc1nnc(N2CCC(=O)CC2)s1. The molecule has 1 aromatic rings. The number of hydrogen-bond donors (Lipinski definition) is 0. The van der Waals surface area contributed by atoms with Crippen molar-refractivity contribution in [3.8, 4) is 0 Å². The maximum absolute atomic E-state index is 11.0. The van der Waals surface area contributed by atoms with E-state index >= 15 is 0 Å². The Kier molecular flexibility index (Phi) is 2.26. The summed E-state index contributed by atoms with van der Waals surface area (Å²) >= 11 is 1.59. The van der Waals surface area contributed by atoms with Crippen molar-refractivity contribution in [2.24, 2.45) is 0 Å². The summed E-state index contributed by atoms with van der Waals surface area (Å²) in [5, 5.41) is 9.93. The molecule has 2 rings (SSSR count). The van der Waals surface area contributed by atoms with E-state index in [0.29, 0.717) is 18.6 Å². The smallest absolute Gasteiger partial charge is 0.208 e. The van der Waals surface area contributed by atoms with Crippen LogP contribution in [0.5, 0.6) is 0 Å². The van der Waals surface area contributed by atoms with Gasteiger partial charge in [-0.05, 0) is 6.92 Å². The summed E-state index contributed by atoms with van der Waals surface area (Å²) in [4.78, 5) is 13.1. The Morgan fingerprint density at radius 3 is 2.54 bits per heavy atom. The molecule has 0 atom stereocenters. The van der Waals surface area contributed by atoms with Crippen LogP contribution in [0.4, 0.5) is 5.13 Å². The lowest BCUT2D eigenvalue weighted by molar-refractivity contribution is -0.119. The van der Waals surface area contributed by atoms with Crippen LogP contribution in [0.3, 0.4) is 0 Å². The first-order valence-corrected chi connectivity index (χ1v) is 5.14. The number of ketones is 1. The van der Waals surface area contributed by atoms with Gasteiger partial charge in [0.15, 0.2) is 0 Å². The monoisotopic (exact) mass is 197 g/mol. The largest absolute Gasteiger partial charge is 0.346 e. The minimum Gasteiger partial charge on any atom is -0.346 e. The van der Waals surface area contributed by atoms with E-state index < -0.39 is 0 Å². The molecule has 0 N–H and O–H groups in total. The molecule has 5 heteroatoms. The maximum atomic E-state index is 11.0. The number of piperidine rings is 1. The Hall–Kier alpha value is -0.970. The highest BCUT2D eigenvalue weighted by Crippen LogP contribution is 2.21. The van der Waals surface area contributed by atoms with Gasteiger partial charge in [-0.2, -0.15) is 0 Å². The van der Waals surface area contributed by atoms with Crippen molar-refractivity contribution in [1.82, 2.24) is 10.2 Å². The maximum Gasteiger partial charge on any atom is 0.208 e. The second-order valence-electron chi connectivity index (χ2n) is 3.13. The van der Waals surface area contributed by atoms with Crippen molar-refractivity contribution < 1.29 is 4.79 Å². The zero-order valence-corrected chi connectivity index (χ0v) is 8.30. The number of hydrogen-bond acceptors (Lipinski definition) is 5. The lowest BCUT2D eigenvalue weighted by atomic mass is 10.1. The lowest BCUT2D eigenvalue weighted by Gasteiger charge is -2.24. The van der Waals surface area contributed by atoms with Crippen LogP contribution < -0.4 is 4.90 Å². The van der Waals surface area contributed by atoms with Gasteiger partial charge in [-0.1, -0.05) is 11.3 Å². The van der Waals surface area contributed by atoms with Crippen LogP contribution in [0.15, 0.2) is 0 Å². The number of carbonyl (C=O) groups excluding carboxylic acids is 1. The molecular weight excluding hydrogens is 186 g/mol. The van der Waals surface area contributed by atoms with E-state index in [-0.39, 0.29) is 0 Å². The molecule has 0 amide bonds. The van der Waals surface area contributed by atoms with Crippen molar-refractivity contribution in [2.45, 2.75) is 19.8 Å². The van der Waals surface area contributed by atoms with E-state index in [1.807, 2.05) is 6.92 Å². The molecule has 4 nitrogen and oxygen atoms in total. The predicted molar refractivity (Wildman–Crippen MR) is 51.1 cm³/mol. The van der Waals surface area contributed by atoms with Crippen LogP contribution in [0, 0.1) is 6.92 Å². The van der Waals surface area contributed by atoms with Crippen LogP contribution in [0.1, 0.15) is 17.8 Å². The van der Waals surface area contributed by atoms with Gasteiger partial charge in [-0.3, -0.25) is 4.79 Å². The Bertz CT molecular complexity index is 313. The van der Waals surface area contributed by atoms with Gasteiger partial charge < -0.3 is 4.90 Å². The molecule has 0 radical (unpaired) electrons. The van der Waals surface area contributed by atoms with Crippen LogP contribution in [0.25, 0.3) is 0 Å². The van der Waals surface area contributed by atoms with Crippen molar-refractivity contribution in [1.29, 1.82) is 0 Å². The first-order chi connectivity index (χ1) is 6.25. The van der Waals surface area contributed by atoms with Gasteiger partial charge in [-0.15, -0.1) is 10.2 Å². The molecule has 1 fully saturated rings. The van der Waals surface area contributed by atoms with Gasteiger partial charge >= 0.3 is 0 Å². The summed E-state index contributed by atoms with van der Waals surface area (Å²) in [7, 11) is 0. The van der Waals surface area contributed by atoms with Gasteiger partial charge in [-0.25, -0.2) is 0 Å². The van der Waals surface area contributed by atoms with Crippen LogP contribution >= 0.6 is 11.3 Å². The summed E-state index contributed by atoms with van der Waals surface area (Å²) in [6.07, 6.45) is 1.30. The van der Waals surface area contributed by atoms with Crippen molar-refractivity contribution >= 4 is 22.3 Å². The molecule has 0 bridgehead atoms. The Labute approximate surface area is 80.6 Å². The first-order valence-electron chi connectivity index (χ1n) is 4.32. The Balaban J connectivity index is 2.06. The average molecular weight is 197 g/mol. The lowest BCUT2D eigenvalue weighted by Crippen LogP contribution is -2.33. The number of Topliss-reactive ketones (excluding diaryl/α,β-unsaturated/α-hetero) is 1. The van der Waals surface area contributed by atoms with Crippen LogP contribution in [0.2, 0.25) is 0 Å². The summed E-state index contributed by atoms with van der Waals surface area (Å²) < 4.78 is 0. The molecule has 1 aromatic heterocycles. The molecule has 70 valence electrons. The predicted octanol–water partition coefficient (Wildman–Crippen LogP) is 1.02. The fourth-order valence-corrected chi connectivity index (χ4v) is 2.10. The van der Waals surface area contributed by atoms with Crippen molar-refractivity contribution in [3.63, 3.8) is 0 Å². The zero-order valence-electron chi connectivity index (χ0n) is 7.49. The molecule has 13 heavy (non-hydrogen) atoms. The second-order valence-corrected chi connectivity index (χ2v) is 4.29. The van der Waals surface area contributed by atoms with Crippen LogP contribution in [-0.2, 0) is 4.79 Å². The third kappa shape index (κ3) is 1.85. The van der Waals surface area contributed by atoms with Gasteiger partial charge in [0.25, 0.3) is 0 Å². The topological polar surface area (TPSA) is 46.1 Å². The quantitative estimate of drug-likeness (QED) is 0.674. The molecule has 0 spiro atoms. The summed E-state index contributed by atoms with van der Waals surface area (Å²) in [6, 6.07) is 0. The third-order valence-corrected chi connectivity index (χ3v) is 3.01. The molecule has 2 heterocycles. The molecule has 0 aliphatic carbocycles. The number of aromatic nitrogens is 2. The highest BCUT2D eigenvalue weighted by molar-refractivity contribution is 7.15. The summed E-state index contributed by atoms with van der Waals surface area (Å²) in [5.41, 5.74) is 0. The first kappa shape index (κ1) is 8.62. The third-order valence-electron chi connectivity index (χ3n) is 2.11. The fourth-order valence-electron chi connectivity index (χ4n) is 1.36. The summed E-state index contributed by atoms with van der Waals surface area (Å²) in [5.74, 6) is 0.359. The van der Waals surface area contributed by atoms with E-state index in [1.54, 1.807) is 11.3 Å². The number of anilines is 1. The van der Waals surface area contributed by atoms with E-state index in [1.165, 1.54) is 0 Å². The van der Waals surface area contributed by atoms with Crippen LogP contribution in [-0.4, -0.2) is 29.1 Å². The van der Waals surface area contributed by atoms with Gasteiger partial charge in [0, 0.05) is 25.9 Å².